The van der Waals surface area contributed by atoms with Gasteiger partial charge < -0.3 is 24.7 Å². The van der Waals surface area contributed by atoms with Gasteiger partial charge in [0.05, 0.1) is 22.1 Å². The van der Waals surface area contributed by atoms with E-state index in [2.05, 4.69) is 102 Å². The molecule has 52 heavy (non-hydrogen) atoms. The van der Waals surface area contributed by atoms with Crippen molar-refractivity contribution < 1.29 is 5.11 Å². The number of aliphatic hydroxyl groups is 1. The van der Waals surface area contributed by atoms with Crippen molar-refractivity contribution in [2.24, 2.45) is 20.0 Å². The van der Waals surface area contributed by atoms with E-state index in [9.17, 15) is 5.11 Å². The number of guanidine groups is 1. The Labute approximate surface area is 301 Å². The summed E-state index contributed by atoms with van der Waals surface area (Å²) in [4.78, 5) is 30.7. The first-order valence-corrected chi connectivity index (χ1v) is 17.1. The average Bonchev–Trinajstić information content (AvgIpc) is 3.62. The van der Waals surface area contributed by atoms with E-state index in [-0.39, 0.29) is 5.76 Å². The zero-order valence-corrected chi connectivity index (χ0v) is 30.4. The second kappa shape index (κ2) is 11.2. The number of fused-ring (bicyclic) bond motifs is 6. The lowest BCUT2D eigenvalue weighted by Crippen LogP contribution is -2.43. The molecule has 0 aliphatic carbocycles. The van der Waals surface area contributed by atoms with Crippen LogP contribution in [0.3, 0.4) is 0 Å². The van der Waals surface area contributed by atoms with E-state index < -0.39 is 0 Å². The van der Waals surface area contributed by atoms with Crippen LogP contribution >= 0.6 is 0 Å². The van der Waals surface area contributed by atoms with Crippen LogP contribution in [0.2, 0.25) is 0 Å². The summed E-state index contributed by atoms with van der Waals surface area (Å²) in [5, 5.41) is 15.4. The van der Waals surface area contributed by atoms with Crippen molar-refractivity contribution in [1.29, 1.82) is 0 Å². The summed E-state index contributed by atoms with van der Waals surface area (Å²) in [5.41, 5.74) is 8.09. The van der Waals surface area contributed by atoms with E-state index in [1.54, 1.807) is 17.1 Å². The molecule has 0 radical (unpaired) electrons. The molecule has 4 aromatic carbocycles. The minimum Gasteiger partial charge on any atom is -0.508 e. The molecule has 0 saturated heterocycles. The van der Waals surface area contributed by atoms with Crippen LogP contribution < -0.4 is 19.6 Å². The number of anilines is 4. The lowest BCUT2D eigenvalue weighted by atomic mass is 10.1. The van der Waals surface area contributed by atoms with Crippen molar-refractivity contribution in [3.63, 3.8) is 0 Å². The van der Waals surface area contributed by atoms with Gasteiger partial charge in [-0.25, -0.2) is 4.90 Å². The normalized spacial score (nSPS) is 15.3. The second-order valence-corrected chi connectivity index (χ2v) is 14.2. The number of aliphatic imine (C=N–C) groups is 4. The summed E-state index contributed by atoms with van der Waals surface area (Å²) in [7, 11) is 16.3. The molecule has 0 atom stereocenters. The molecule has 9 rings (SSSR count). The van der Waals surface area contributed by atoms with E-state index in [4.69, 9.17) is 20.0 Å². The lowest BCUT2D eigenvalue weighted by Gasteiger charge is -2.32. The molecular formula is C40H39N11O. The first-order valence-electron chi connectivity index (χ1n) is 17.1. The highest BCUT2D eigenvalue weighted by Crippen LogP contribution is 2.37. The molecule has 0 spiro atoms. The minimum atomic E-state index is 0.0506. The quantitative estimate of drug-likeness (QED) is 0.223. The van der Waals surface area contributed by atoms with E-state index in [0.717, 1.165) is 66.4 Å². The predicted octanol–water partition coefficient (Wildman–Crippen LogP) is 6.66. The SMILES string of the molecule is CN(C)c1ccc2c3ccc(N(C)C)cc3n(C3=NC4=CC(O)=CC5=NC(n6c7cc(N(C)C)ccc7c7ccc(N(C)C)cc76)=NC(=N3)N45)c2c1. The maximum absolute atomic E-state index is 11.1. The third kappa shape index (κ3) is 4.67. The van der Waals surface area contributed by atoms with E-state index >= 15 is 0 Å². The number of rotatable bonds is 4. The topological polar surface area (TPSA) is 95.7 Å². The monoisotopic (exact) mass is 689 g/mol. The molecule has 5 heterocycles. The fraction of sp³-hybridized carbons (Fsp3) is 0.200. The number of hydrogen-bond acceptors (Lipinski definition) is 10. The van der Waals surface area contributed by atoms with Crippen LogP contribution in [0.15, 0.2) is 116 Å². The van der Waals surface area contributed by atoms with Gasteiger partial charge >= 0.3 is 0 Å². The van der Waals surface area contributed by atoms with Crippen LogP contribution in [0.5, 0.6) is 0 Å². The summed E-state index contributed by atoms with van der Waals surface area (Å²) in [6.45, 7) is 0. The van der Waals surface area contributed by atoms with Crippen LogP contribution in [0.1, 0.15) is 0 Å². The summed E-state index contributed by atoms with van der Waals surface area (Å²) in [6, 6.07) is 25.8. The number of allylic oxidation sites excluding steroid dienone is 1. The van der Waals surface area contributed by atoms with Gasteiger partial charge in [-0.2, -0.15) is 20.0 Å². The van der Waals surface area contributed by atoms with Gasteiger partial charge in [-0.1, -0.05) is 24.3 Å². The number of aliphatic hydroxyl groups excluding tert-OH is 1. The maximum atomic E-state index is 11.1. The summed E-state index contributed by atoms with van der Waals surface area (Å²) in [6.07, 6.45) is 3.26. The van der Waals surface area contributed by atoms with Crippen LogP contribution in [-0.4, -0.2) is 99.2 Å². The molecule has 3 aliphatic rings. The highest BCUT2D eigenvalue weighted by Gasteiger charge is 2.34. The fourth-order valence-corrected chi connectivity index (χ4v) is 7.22. The maximum Gasteiger partial charge on any atom is 0.243 e. The number of aromatic nitrogens is 2. The number of amidine groups is 1. The van der Waals surface area contributed by atoms with Crippen LogP contribution in [-0.2, 0) is 0 Å². The first-order chi connectivity index (χ1) is 25.0. The second-order valence-electron chi connectivity index (χ2n) is 14.2. The number of benzene rings is 4. The molecule has 0 saturated carbocycles. The zero-order valence-electron chi connectivity index (χ0n) is 30.4. The Morgan fingerprint density at radius 3 is 1.19 bits per heavy atom. The van der Waals surface area contributed by atoms with Crippen molar-refractivity contribution in [3.8, 4) is 0 Å². The molecule has 0 unspecified atom stereocenters. The molecule has 260 valence electrons. The molecule has 0 fully saturated rings. The van der Waals surface area contributed by atoms with Crippen LogP contribution in [0.4, 0.5) is 22.7 Å². The molecule has 6 aromatic rings. The molecule has 0 bridgehead atoms. The van der Waals surface area contributed by atoms with Crippen molar-refractivity contribution in [1.82, 2.24) is 14.0 Å². The van der Waals surface area contributed by atoms with E-state index in [0.29, 0.717) is 29.5 Å². The van der Waals surface area contributed by atoms with E-state index in [1.165, 1.54) is 0 Å². The average molecular weight is 690 g/mol. The molecule has 3 aliphatic heterocycles. The van der Waals surface area contributed by atoms with Gasteiger partial charge in [0, 0.05) is 113 Å². The summed E-state index contributed by atoms with van der Waals surface area (Å²) >= 11 is 0. The smallest absolute Gasteiger partial charge is 0.243 e. The van der Waals surface area contributed by atoms with Gasteiger partial charge in [0.15, 0.2) is 0 Å². The Morgan fingerprint density at radius 1 is 0.442 bits per heavy atom. The van der Waals surface area contributed by atoms with E-state index in [1.807, 2.05) is 56.4 Å². The third-order valence-electron chi connectivity index (χ3n) is 9.98. The third-order valence-corrected chi connectivity index (χ3v) is 9.98. The minimum absolute atomic E-state index is 0.0506. The van der Waals surface area contributed by atoms with Gasteiger partial charge in [0.1, 0.15) is 17.4 Å². The van der Waals surface area contributed by atoms with Gasteiger partial charge in [-0.3, -0.25) is 9.13 Å². The van der Waals surface area contributed by atoms with Crippen molar-refractivity contribution in [2.45, 2.75) is 0 Å². The predicted molar refractivity (Wildman–Crippen MR) is 217 cm³/mol. The van der Waals surface area contributed by atoms with Crippen LogP contribution in [0.25, 0.3) is 43.6 Å². The van der Waals surface area contributed by atoms with Crippen LogP contribution in [0, 0.1) is 0 Å². The van der Waals surface area contributed by atoms with Crippen molar-refractivity contribution in [2.75, 3.05) is 76.0 Å². The Kier molecular flexibility index (Phi) is 6.78. The molecular weight excluding hydrogens is 651 g/mol. The van der Waals surface area contributed by atoms with Gasteiger partial charge in [0.2, 0.25) is 17.9 Å². The molecule has 1 N–H and O–H groups in total. The van der Waals surface area contributed by atoms with Gasteiger partial charge in [-0.05, 0) is 48.5 Å². The Hall–Kier alpha value is -6.56. The lowest BCUT2D eigenvalue weighted by molar-refractivity contribution is 0.427. The number of hydrogen-bond donors (Lipinski definition) is 1. The first kappa shape index (κ1) is 31.4. The van der Waals surface area contributed by atoms with Gasteiger partial charge in [-0.15, -0.1) is 0 Å². The molecule has 2 aromatic heterocycles. The Balaban J connectivity index is 1.32. The molecule has 12 heteroatoms. The highest BCUT2D eigenvalue weighted by atomic mass is 16.3. The molecule has 0 amide bonds. The fourth-order valence-electron chi connectivity index (χ4n) is 7.22. The van der Waals surface area contributed by atoms with Crippen molar-refractivity contribution in [3.05, 3.63) is 96.5 Å². The summed E-state index contributed by atoms with van der Waals surface area (Å²) in [5.74, 6) is 2.30. The zero-order chi connectivity index (χ0) is 36.2. The van der Waals surface area contributed by atoms with Gasteiger partial charge in [0.25, 0.3) is 0 Å². The largest absolute Gasteiger partial charge is 0.508 e. The number of nitrogens with zero attached hydrogens (tertiary/aromatic N) is 11. The Morgan fingerprint density at radius 2 is 0.808 bits per heavy atom. The highest BCUT2D eigenvalue weighted by molar-refractivity contribution is 6.25. The molecule has 12 nitrogen and oxygen atoms in total. The standard InChI is InChI=1S/C40H39N11O/c1-45(2)23-9-13-28-29-14-10-24(46(3)4)18-33(29)49(32(28)17-23)38-41-36-21-27(52)22-37-42-39(44-40(43-38)51(36)37)50-34-19-25(47(5)6)11-15-30(34)31-16-12-26(48(7)8)20-35(31)50/h9-22,52H,1-8H3. The van der Waals surface area contributed by atoms with Crippen molar-refractivity contribution >= 4 is 90.1 Å². The Bertz CT molecular complexity index is 2450. The summed E-state index contributed by atoms with van der Waals surface area (Å²) < 4.78 is 4.19.